The minimum atomic E-state index is -0.911. The summed E-state index contributed by atoms with van der Waals surface area (Å²) in [6.07, 6.45) is 4.78. The molecule has 9 heteroatoms. The third kappa shape index (κ3) is 10.1. The van der Waals surface area contributed by atoms with Crippen LogP contribution >= 0.6 is 11.3 Å². The number of ether oxygens (including phenoxy) is 1. The standard InChI is InChI=1S/C28H40N4O4S/c1-28(2,29)17-9-14-25(33)31(4)24(20-36-19-21-11-7-6-8-12-21)27(35)32(5)23(26(34)30-3)16-15-22-13-10-18-37-22/h6-14,18,23-24H,15-17,19-20,29H2,1-5H3,(H,30,34)/b14-9+/t23-,24-/m1/s1. The minimum Gasteiger partial charge on any atom is -0.374 e. The molecule has 2 aromatic rings. The lowest BCUT2D eigenvalue weighted by atomic mass is 10.0. The van der Waals surface area contributed by atoms with Gasteiger partial charge in [-0.3, -0.25) is 14.4 Å². The number of benzene rings is 1. The van der Waals surface area contributed by atoms with Gasteiger partial charge < -0.3 is 25.6 Å². The van der Waals surface area contributed by atoms with Crippen molar-refractivity contribution in [3.63, 3.8) is 0 Å². The summed E-state index contributed by atoms with van der Waals surface area (Å²) in [7, 11) is 4.73. The van der Waals surface area contributed by atoms with Gasteiger partial charge in [-0.05, 0) is 56.2 Å². The van der Waals surface area contributed by atoms with Crippen molar-refractivity contribution in [1.82, 2.24) is 15.1 Å². The quantitative estimate of drug-likeness (QED) is 0.367. The summed E-state index contributed by atoms with van der Waals surface area (Å²) in [5.41, 5.74) is 6.52. The maximum Gasteiger partial charge on any atom is 0.248 e. The summed E-state index contributed by atoms with van der Waals surface area (Å²) in [6, 6.07) is 12.0. The van der Waals surface area contributed by atoms with Gasteiger partial charge in [0, 0.05) is 31.6 Å². The first-order valence-corrected chi connectivity index (χ1v) is 13.3. The molecule has 0 unspecified atom stereocenters. The summed E-state index contributed by atoms with van der Waals surface area (Å²) < 4.78 is 5.88. The van der Waals surface area contributed by atoms with Crippen LogP contribution in [-0.2, 0) is 32.1 Å². The van der Waals surface area contributed by atoms with E-state index in [-0.39, 0.29) is 24.3 Å². The molecule has 2 atom stereocenters. The van der Waals surface area contributed by atoms with E-state index in [1.165, 1.54) is 15.9 Å². The monoisotopic (exact) mass is 528 g/mol. The number of likely N-dealkylation sites (N-methyl/N-ethyl adjacent to an activating group) is 3. The predicted molar refractivity (Wildman–Crippen MR) is 148 cm³/mol. The van der Waals surface area contributed by atoms with Crippen molar-refractivity contribution in [2.75, 3.05) is 27.7 Å². The van der Waals surface area contributed by atoms with E-state index in [0.717, 1.165) is 10.4 Å². The van der Waals surface area contributed by atoms with Gasteiger partial charge in [-0.1, -0.05) is 42.5 Å². The van der Waals surface area contributed by atoms with Crippen molar-refractivity contribution < 1.29 is 19.1 Å². The third-order valence-corrected chi connectivity index (χ3v) is 6.94. The molecule has 37 heavy (non-hydrogen) atoms. The van der Waals surface area contributed by atoms with Gasteiger partial charge in [0.1, 0.15) is 12.1 Å². The Morgan fingerprint density at radius 3 is 2.38 bits per heavy atom. The van der Waals surface area contributed by atoms with E-state index in [4.69, 9.17) is 10.5 Å². The molecule has 0 aliphatic rings. The fourth-order valence-electron chi connectivity index (χ4n) is 3.74. The first-order valence-electron chi connectivity index (χ1n) is 12.4. The number of hydrogen-bond acceptors (Lipinski definition) is 6. The average Bonchev–Trinajstić information content (AvgIpc) is 3.39. The zero-order valence-corrected chi connectivity index (χ0v) is 23.3. The van der Waals surface area contributed by atoms with Gasteiger partial charge in [-0.25, -0.2) is 0 Å². The second-order valence-corrected chi connectivity index (χ2v) is 10.8. The highest BCUT2D eigenvalue weighted by molar-refractivity contribution is 7.09. The number of rotatable bonds is 14. The topological polar surface area (TPSA) is 105 Å². The van der Waals surface area contributed by atoms with Crippen LogP contribution < -0.4 is 11.1 Å². The predicted octanol–water partition coefficient (Wildman–Crippen LogP) is 2.98. The van der Waals surface area contributed by atoms with Crippen molar-refractivity contribution in [3.8, 4) is 0 Å². The Morgan fingerprint density at radius 2 is 1.78 bits per heavy atom. The van der Waals surface area contributed by atoms with E-state index < -0.39 is 17.6 Å². The Balaban J connectivity index is 2.20. The molecule has 0 radical (unpaired) electrons. The Kier molecular flexibility index (Phi) is 12.0. The fourth-order valence-corrected chi connectivity index (χ4v) is 4.46. The lowest BCUT2D eigenvalue weighted by Crippen LogP contribution is -2.55. The lowest BCUT2D eigenvalue weighted by Gasteiger charge is -2.33. The van der Waals surface area contributed by atoms with Crippen molar-refractivity contribution in [1.29, 1.82) is 0 Å². The van der Waals surface area contributed by atoms with E-state index in [9.17, 15) is 14.4 Å². The molecule has 0 aliphatic carbocycles. The molecule has 0 spiro atoms. The second-order valence-electron chi connectivity index (χ2n) is 9.76. The lowest BCUT2D eigenvalue weighted by molar-refractivity contribution is -0.148. The summed E-state index contributed by atoms with van der Waals surface area (Å²) in [6.45, 7) is 4.03. The molecule has 3 amide bonds. The highest BCUT2D eigenvalue weighted by atomic mass is 32.1. The van der Waals surface area contributed by atoms with Gasteiger partial charge in [-0.2, -0.15) is 0 Å². The van der Waals surface area contributed by atoms with Crippen LogP contribution in [0.4, 0.5) is 0 Å². The molecule has 0 saturated heterocycles. The Hall–Kier alpha value is -3.01. The molecule has 2 rings (SSSR count). The largest absolute Gasteiger partial charge is 0.374 e. The summed E-state index contributed by atoms with van der Waals surface area (Å²) in [4.78, 5) is 43.4. The number of nitrogens with one attached hydrogen (secondary N) is 1. The number of hydrogen-bond donors (Lipinski definition) is 2. The number of carbonyl (C=O) groups is 3. The molecule has 202 valence electrons. The number of thiophene rings is 1. The molecule has 1 heterocycles. The van der Waals surface area contributed by atoms with E-state index in [2.05, 4.69) is 5.32 Å². The third-order valence-electron chi connectivity index (χ3n) is 6.00. The first-order chi connectivity index (χ1) is 17.5. The van der Waals surface area contributed by atoms with Gasteiger partial charge in [0.05, 0.1) is 13.2 Å². The molecule has 1 aromatic heterocycles. The van der Waals surface area contributed by atoms with Crippen LogP contribution in [0.5, 0.6) is 0 Å². The van der Waals surface area contributed by atoms with Crippen molar-refractivity contribution in [3.05, 3.63) is 70.4 Å². The Labute approximate surface area is 224 Å². The van der Waals surface area contributed by atoms with E-state index in [0.29, 0.717) is 25.9 Å². The van der Waals surface area contributed by atoms with Crippen molar-refractivity contribution in [2.45, 2.75) is 57.3 Å². The first kappa shape index (κ1) is 30.2. The summed E-state index contributed by atoms with van der Waals surface area (Å²) in [5, 5.41) is 4.65. The highest BCUT2D eigenvalue weighted by Crippen LogP contribution is 2.17. The molecular formula is C28H40N4O4S. The zero-order chi connectivity index (χ0) is 27.4. The maximum absolute atomic E-state index is 13.7. The number of amides is 3. The van der Waals surface area contributed by atoms with Crippen molar-refractivity contribution >= 4 is 29.1 Å². The molecule has 1 aromatic carbocycles. The van der Waals surface area contributed by atoms with Crippen LogP contribution in [0.25, 0.3) is 0 Å². The minimum absolute atomic E-state index is 0.0120. The Morgan fingerprint density at radius 1 is 1.08 bits per heavy atom. The van der Waals surface area contributed by atoms with E-state index in [1.54, 1.807) is 38.6 Å². The van der Waals surface area contributed by atoms with Crippen LogP contribution in [-0.4, -0.2) is 72.9 Å². The van der Waals surface area contributed by atoms with E-state index in [1.807, 2.05) is 61.7 Å². The number of nitrogens with zero attached hydrogens (tertiary/aromatic N) is 2. The molecule has 3 N–H and O–H groups in total. The molecule has 0 fully saturated rings. The molecule has 8 nitrogen and oxygen atoms in total. The number of carbonyl (C=O) groups excluding carboxylic acids is 3. The number of aryl methyl sites for hydroxylation is 1. The van der Waals surface area contributed by atoms with Gasteiger partial charge in [0.25, 0.3) is 0 Å². The molecule has 0 bridgehead atoms. The maximum atomic E-state index is 13.7. The van der Waals surface area contributed by atoms with Gasteiger partial charge in [-0.15, -0.1) is 11.3 Å². The molecule has 0 saturated carbocycles. The summed E-state index contributed by atoms with van der Waals surface area (Å²) in [5.74, 6) is -0.957. The SMILES string of the molecule is CNC(=O)[C@@H](CCc1cccs1)N(C)C(=O)[C@@H](COCc1ccccc1)N(C)C(=O)/C=C/CC(C)(C)N. The van der Waals surface area contributed by atoms with E-state index >= 15 is 0 Å². The van der Waals surface area contributed by atoms with Crippen LogP contribution in [0.1, 0.15) is 37.1 Å². The zero-order valence-electron chi connectivity index (χ0n) is 22.5. The smallest absolute Gasteiger partial charge is 0.248 e. The summed E-state index contributed by atoms with van der Waals surface area (Å²) >= 11 is 1.61. The van der Waals surface area contributed by atoms with Gasteiger partial charge >= 0.3 is 0 Å². The highest BCUT2D eigenvalue weighted by Gasteiger charge is 2.34. The number of nitrogens with two attached hydrogens (primary N) is 1. The average molecular weight is 529 g/mol. The van der Waals surface area contributed by atoms with Crippen LogP contribution in [0, 0.1) is 0 Å². The molecule has 0 aliphatic heterocycles. The van der Waals surface area contributed by atoms with Gasteiger partial charge in [0.15, 0.2) is 0 Å². The van der Waals surface area contributed by atoms with Crippen LogP contribution in [0.2, 0.25) is 0 Å². The normalized spacial score (nSPS) is 13.2. The van der Waals surface area contributed by atoms with Crippen molar-refractivity contribution in [2.24, 2.45) is 5.73 Å². The second kappa shape index (κ2) is 14.7. The van der Waals surface area contributed by atoms with Crippen LogP contribution in [0.15, 0.2) is 60.0 Å². The van der Waals surface area contributed by atoms with Crippen LogP contribution in [0.3, 0.4) is 0 Å². The fraction of sp³-hybridized carbons (Fsp3) is 0.464. The molecular weight excluding hydrogens is 488 g/mol. The van der Waals surface area contributed by atoms with Gasteiger partial charge in [0.2, 0.25) is 17.7 Å². The Bertz CT molecular complexity index is 1020.